The third-order valence-electron chi connectivity index (χ3n) is 6.52. The predicted octanol–water partition coefficient (Wildman–Crippen LogP) is 3.94. The van der Waals surface area contributed by atoms with E-state index in [4.69, 9.17) is 0 Å². The van der Waals surface area contributed by atoms with Crippen LogP contribution in [0.3, 0.4) is 0 Å². The number of aliphatic hydroxyl groups is 2. The molecule has 1 aromatic carbocycles. The molecule has 3 unspecified atom stereocenters. The van der Waals surface area contributed by atoms with Crippen LogP contribution < -0.4 is 0 Å². The standard InChI is InChI=1S/C25H33FO4/c1-30-25(29)11-5-3-2-4-10-21-20(22(26)16-24(21)28)12-13-23(27)19-14-17-8-6-7-9-18(17)15-19/h2,4,6-9,12-13,19-24,27-28H,3,5,10-11,14-16H2,1H3/b4-2-,13-12+/t20?,21?,22?,23-,24-/m0/s1. The smallest absolute Gasteiger partial charge is 0.305 e. The first-order valence-electron chi connectivity index (χ1n) is 11.0. The summed E-state index contributed by atoms with van der Waals surface area (Å²) in [5, 5.41) is 20.9. The summed E-state index contributed by atoms with van der Waals surface area (Å²) in [7, 11) is 1.38. The summed E-state index contributed by atoms with van der Waals surface area (Å²) >= 11 is 0. The molecule has 3 rings (SSSR count). The molecule has 5 atom stereocenters. The highest BCUT2D eigenvalue weighted by Gasteiger charge is 2.40. The fraction of sp³-hybridized carbons (Fsp3) is 0.560. The summed E-state index contributed by atoms with van der Waals surface area (Å²) in [6.07, 6.45) is 9.32. The SMILES string of the molecule is COC(=O)CCC/C=C\CC1C(/C=C/[C@H](O)C2Cc3ccccc3C2)C(F)C[C@@H]1O. The molecular weight excluding hydrogens is 383 g/mol. The third-order valence-corrected chi connectivity index (χ3v) is 6.52. The summed E-state index contributed by atoms with van der Waals surface area (Å²) in [6, 6.07) is 8.24. The van der Waals surface area contributed by atoms with Gasteiger partial charge in [-0.15, -0.1) is 0 Å². The zero-order chi connectivity index (χ0) is 21.5. The first-order chi connectivity index (χ1) is 14.5. The molecule has 4 nitrogen and oxygen atoms in total. The second-order valence-electron chi connectivity index (χ2n) is 8.55. The second-order valence-corrected chi connectivity index (χ2v) is 8.55. The third kappa shape index (κ3) is 5.79. The number of benzene rings is 1. The van der Waals surface area contributed by atoms with Gasteiger partial charge < -0.3 is 14.9 Å². The van der Waals surface area contributed by atoms with Gasteiger partial charge in [-0.2, -0.15) is 0 Å². The summed E-state index contributed by atoms with van der Waals surface area (Å²) in [5.41, 5.74) is 2.56. The van der Waals surface area contributed by atoms with Crippen LogP contribution in [0.25, 0.3) is 0 Å². The number of aliphatic hydroxyl groups excluding tert-OH is 2. The van der Waals surface area contributed by atoms with Crippen LogP contribution in [0.5, 0.6) is 0 Å². The molecule has 2 aliphatic rings. The minimum Gasteiger partial charge on any atom is -0.469 e. The minimum atomic E-state index is -1.10. The lowest BCUT2D eigenvalue weighted by atomic mass is 9.89. The molecule has 0 saturated heterocycles. The van der Waals surface area contributed by atoms with Crippen LogP contribution in [0.15, 0.2) is 48.6 Å². The van der Waals surface area contributed by atoms with Gasteiger partial charge in [-0.1, -0.05) is 48.6 Å². The number of carbonyl (C=O) groups is 1. The summed E-state index contributed by atoms with van der Waals surface area (Å²) in [6.45, 7) is 0. The number of methoxy groups -OCH3 is 1. The van der Waals surface area contributed by atoms with Crippen molar-refractivity contribution in [3.8, 4) is 0 Å². The van der Waals surface area contributed by atoms with Gasteiger partial charge in [-0.05, 0) is 55.1 Å². The number of unbranched alkanes of at least 4 members (excludes halogenated alkanes) is 1. The van der Waals surface area contributed by atoms with E-state index >= 15 is 0 Å². The Morgan fingerprint density at radius 2 is 1.97 bits per heavy atom. The molecule has 1 saturated carbocycles. The van der Waals surface area contributed by atoms with E-state index < -0.39 is 24.3 Å². The fourth-order valence-electron chi connectivity index (χ4n) is 4.74. The number of allylic oxidation sites excluding steroid dienone is 3. The van der Waals surface area contributed by atoms with E-state index in [2.05, 4.69) is 16.9 Å². The lowest BCUT2D eigenvalue weighted by Crippen LogP contribution is -2.21. The number of halogens is 1. The Morgan fingerprint density at radius 3 is 2.63 bits per heavy atom. The van der Waals surface area contributed by atoms with Crippen LogP contribution in [0.4, 0.5) is 4.39 Å². The highest BCUT2D eigenvalue weighted by atomic mass is 19.1. The average molecular weight is 417 g/mol. The van der Waals surface area contributed by atoms with Crippen molar-refractivity contribution in [1.82, 2.24) is 0 Å². The Bertz CT molecular complexity index is 734. The maximum atomic E-state index is 14.5. The molecule has 0 heterocycles. The van der Waals surface area contributed by atoms with E-state index in [9.17, 15) is 19.4 Å². The number of esters is 1. The maximum Gasteiger partial charge on any atom is 0.305 e. The summed E-state index contributed by atoms with van der Waals surface area (Å²) in [5.74, 6) is -0.681. The van der Waals surface area contributed by atoms with E-state index in [-0.39, 0.29) is 24.2 Å². The Kier molecular flexibility index (Phi) is 8.23. The first kappa shape index (κ1) is 22.7. The average Bonchev–Trinajstić information content (AvgIpc) is 3.29. The van der Waals surface area contributed by atoms with Crippen LogP contribution in [0, 0.1) is 17.8 Å². The lowest BCUT2D eigenvalue weighted by molar-refractivity contribution is -0.140. The van der Waals surface area contributed by atoms with Crippen molar-refractivity contribution in [2.45, 2.75) is 63.3 Å². The molecule has 0 radical (unpaired) electrons. The number of alkyl halides is 1. The highest BCUT2D eigenvalue weighted by Crippen LogP contribution is 2.38. The molecule has 0 bridgehead atoms. The van der Waals surface area contributed by atoms with Gasteiger partial charge >= 0.3 is 5.97 Å². The number of fused-ring (bicyclic) bond motifs is 1. The van der Waals surface area contributed by atoms with Crippen LogP contribution in [-0.2, 0) is 22.4 Å². The number of hydrogen-bond donors (Lipinski definition) is 2. The van der Waals surface area contributed by atoms with Crippen LogP contribution >= 0.6 is 0 Å². The molecule has 0 amide bonds. The van der Waals surface area contributed by atoms with Crippen molar-refractivity contribution >= 4 is 5.97 Å². The van der Waals surface area contributed by atoms with Gasteiger partial charge in [0.05, 0.1) is 19.3 Å². The first-order valence-corrected chi connectivity index (χ1v) is 11.0. The monoisotopic (exact) mass is 416 g/mol. The van der Waals surface area contributed by atoms with Crippen LogP contribution in [0.1, 0.15) is 43.2 Å². The van der Waals surface area contributed by atoms with Gasteiger partial charge in [0.25, 0.3) is 0 Å². The van der Waals surface area contributed by atoms with Crippen molar-refractivity contribution in [2.75, 3.05) is 7.11 Å². The molecule has 0 aliphatic heterocycles. The number of carbonyl (C=O) groups excluding carboxylic acids is 1. The van der Waals surface area contributed by atoms with E-state index in [0.29, 0.717) is 19.3 Å². The summed E-state index contributed by atoms with van der Waals surface area (Å²) < 4.78 is 19.1. The fourth-order valence-corrected chi connectivity index (χ4v) is 4.74. The Balaban J connectivity index is 1.51. The summed E-state index contributed by atoms with van der Waals surface area (Å²) in [4.78, 5) is 11.1. The van der Waals surface area contributed by atoms with Crippen molar-refractivity contribution < 1.29 is 24.1 Å². The van der Waals surface area contributed by atoms with Gasteiger partial charge in [0.2, 0.25) is 0 Å². The van der Waals surface area contributed by atoms with Gasteiger partial charge in [0, 0.05) is 18.8 Å². The molecule has 2 N–H and O–H groups in total. The van der Waals surface area contributed by atoms with E-state index in [0.717, 1.165) is 19.3 Å². The highest BCUT2D eigenvalue weighted by molar-refractivity contribution is 5.69. The van der Waals surface area contributed by atoms with Gasteiger partial charge in [0.1, 0.15) is 6.17 Å². The van der Waals surface area contributed by atoms with Crippen molar-refractivity contribution in [3.05, 3.63) is 59.7 Å². The molecule has 164 valence electrons. The molecule has 2 aliphatic carbocycles. The second kappa shape index (κ2) is 10.9. The largest absolute Gasteiger partial charge is 0.469 e. The molecule has 30 heavy (non-hydrogen) atoms. The number of hydrogen-bond acceptors (Lipinski definition) is 4. The minimum absolute atomic E-state index is 0.121. The quantitative estimate of drug-likeness (QED) is 0.364. The van der Waals surface area contributed by atoms with Crippen molar-refractivity contribution in [3.63, 3.8) is 0 Å². The predicted molar refractivity (Wildman–Crippen MR) is 115 cm³/mol. The molecule has 1 aromatic rings. The van der Waals surface area contributed by atoms with Crippen molar-refractivity contribution in [2.24, 2.45) is 17.8 Å². The number of rotatable bonds is 9. The van der Waals surface area contributed by atoms with Gasteiger partial charge in [-0.3, -0.25) is 4.79 Å². The normalized spacial score (nSPS) is 27.7. The van der Waals surface area contributed by atoms with E-state index in [1.54, 1.807) is 12.2 Å². The van der Waals surface area contributed by atoms with Gasteiger partial charge in [0.15, 0.2) is 0 Å². The lowest BCUT2D eigenvalue weighted by Gasteiger charge is -2.20. The molecule has 0 spiro atoms. The molecule has 1 fully saturated rings. The zero-order valence-electron chi connectivity index (χ0n) is 17.6. The Hall–Kier alpha value is -1.98. The van der Waals surface area contributed by atoms with Gasteiger partial charge in [-0.25, -0.2) is 4.39 Å². The maximum absolute atomic E-state index is 14.5. The van der Waals surface area contributed by atoms with Crippen LogP contribution in [-0.4, -0.2) is 41.7 Å². The van der Waals surface area contributed by atoms with Crippen molar-refractivity contribution in [1.29, 1.82) is 0 Å². The van der Waals surface area contributed by atoms with Crippen LogP contribution in [0.2, 0.25) is 0 Å². The molecule has 5 heteroatoms. The molecule has 0 aromatic heterocycles. The Labute approximate surface area is 178 Å². The topological polar surface area (TPSA) is 66.8 Å². The Morgan fingerprint density at radius 1 is 1.27 bits per heavy atom. The zero-order valence-corrected chi connectivity index (χ0v) is 17.6. The van der Waals surface area contributed by atoms with E-state index in [1.807, 2.05) is 24.3 Å². The number of ether oxygens (including phenoxy) is 1. The van der Waals surface area contributed by atoms with E-state index in [1.165, 1.54) is 18.2 Å². The molecular formula is C25H33FO4.